The van der Waals surface area contributed by atoms with E-state index in [0.717, 1.165) is 11.3 Å². The summed E-state index contributed by atoms with van der Waals surface area (Å²) in [5.74, 6) is -0.461. The van der Waals surface area contributed by atoms with Crippen molar-refractivity contribution in [2.45, 2.75) is 13.0 Å². The topological polar surface area (TPSA) is 46.0 Å². The quantitative estimate of drug-likeness (QED) is 0.668. The molecule has 26 heavy (non-hydrogen) atoms. The Morgan fingerprint density at radius 3 is 2.62 bits per heavy atom. The third kappa shape index (κ3) is 4.00. The zero-order valence-electron chi connectivity index (χ0n) is 14.2. The van der Waals surface area contributed by atoms with Crippen molar-refractivity contribution in [3.63, 3.8) is 0 Å². The lowest BCUT2D eigenvalue weighted by molar-refractivity contribution is 0.408. The highest BCUT2D eigenvalue weighted by Gasteiger charge is 2.15. The minimum atomic E-state index is -0.461. The molecule has 1 N–H and O–H groups in total. The van der Waals surface area contributed by atoms with E-state index < -0.39 is 5.82 Å². The maximum Gasteiger partial charge on any atom is 0.173 e. The molecular weight excluding hydrogens is 373 g/mol. The predicted molar refractivity (Wildman–Crippen MR) is 105 cm³/mol. The van der Waals surface area contributed by atoms with Crippen LogP contribution in [0.2, 0.25) is 5.02 Å². The van der Waals surface area contributed by atoms with Gasteiger partial charge in [0, 0.05) is 12.7 Å². The second-order valence-electron chi connectivity index (χ2n) is 5.78. The van der Waals surface area contributed by atoms with Crippen molar-refractivity contribution in [1.82, 2.24) is 19.7 Å². The van der Waals surface area contributed by atoms with Gasteiger partial charge in [0.2, 0.25) is 0 Å². The maximum absolute atomic E-state index is 13.3. The third-order valence-corrected chi connectivity index (χ3v) is 4.81. The molecule has 2 aromatic carbocycles. The average Bonchev–Trinajstić information content (AvgIpc) is 3.18. The fourth-order valence-electron chi connectivity index (χ4n) is 2.43. The van der Waals surface area contributed by atoms with Gasteiger partial charge >= 0.3 is 0 Å². The Hall–Kier alpha value is -2.51. The zero-order chi connectivity index (χ0) is 18.7. The van der Waals surface area contributed by atoms with Crippen LogP contribution in [0.4, 0.5) is 10.1 Å². The fourth-order valence-corrected chi connectivity index (χ4v) is 2.89. The first-order chi connectivity index (χ1) is 12.5. The van der Waals surface area contributed by atoms with Gasteiger partial charge in [-0.15, -0.1) is 0 Å². The maximum atomic E-state index is 13.3. The Bertz CT molecular complexity index is 898. The lowest BCUT2D eigenvalue weighted by Crippen LogP contribution is -2.33. The first kappa shape index (κ1) is 18.3. The van der Waals surface area contributed by atoms with Gasteiger partial charge in [-0.3, -0.25) is 0 Å². The molecule has 1 heterocycles. The molecule has 8 heteroatoms. The number of benzene rings is 2. The molecule has 0 aliphatic carbocycles. The normalized spacial score (nSPS) is 11.8. The number of hydrogen-bond acceptors (Lipinski definition) is 3. The summed E-state index contributed by atoms with van der Waals surface area (Å²) in [5.41, 5.74) is 2.67. The average molecular weight is 390 g/mol. The number of aromatic nitrogens is 3. The third-order valence-electron chi connectivity index (χ3n) is 4.13. The Morgan fingerprint density at radius 2 is 2.00 bits per heavy atom. The fraction of sp³-hybridized carbons (Fsp3) is 0.167. The molecule has 1 atom stereocenters. The standard InChI is InChI=1S/C18H17ClFN5S/c1-12(13-3-6-15(7-4-13)25-11-21-10-22-25)24(2)18(26)23-14-5-8-17(20)16(19)9-14/h3-12H,1-2H3,(H,23,26)/t12-/m1/s1. The highest BCUT2D eigenvalue weighted by atomic mass is 35.5. The minimum Gasteiger partial charge on any atom is -0.345 e. The Labute approximate surface area is 161 Å². The van der Waals surface area contributed by atoms with Crippen LogP contribution in [0.5, 0.6) is 0 Å². The van der Waals surface area contributed by atoms with E-state index in [1.165, 1.54) is 18.5 Å². The van der Waals surface area contributed by atoms with E-state index in [1.54, 1.807) is 17.1 Å². The highest BCUT2D eigenvalue weighted by molar-refractivity contribution is 7.80. The van der Waals surface area contributed by atoms with Crippen LogP contribution in [0, 0.1) is 5.82 Å². The molecule has 0 spiro atoms. The molecule has 0 unspecified atom stereocenters. The smallest absolute Gasteiger partial charge is 0.173 e. The van der Waals surface area contributed by atoms with Crippen LogP contribution < -0.4 is 5.32 Å². The van der Waals surface area contributed by atoms with Gasteiger partial charge < -0.3 is 10.2 Å². The van der Waals surface area contributed by atoms with E-state index in [1.807, 2.05) is 36.2 Å². The molecule has 0 saturated heterocycles. The number of anilines is 1. The summed E-state index contributed by atoms with van der Waals surface area (Å²) in [6, 6.07) is 12.4. The van der Waals surface area contributed by atoms with E-state index in [4.69, 9.17) is 23.8 Å². The van der Waals surface area contributed by atoms with Gasteiger partial charge in [-0.25, -0.2) is 14.1 Å². The van der Waals surface area contributed by atoms with Crippen molar-refractivity contribution in [2.24, 2.45) is 0 Å². The molecular formula is C18H17ClFN5S. The largest absolute Gasteiger partial charge is 0.345 e. The van der Waals surface area contributed by atoms with E-state index in [-0.39, 0.29) is 11.1 Å². The van der Waals surface area contributed by atoms with Gasteiger partial charge in [-0.05, 0) is 55.0 Å². The zero-order valence-corrected chi connectivity index (χ0v) is 15.8. The van der Waals surface area contributed by atoms with Gasteiger partial charge in [-0.2, -0.15) is 5.10 Å². The summed E-state index contributed by atoms with van der Waals surface area (Å²) in [4.78, 5) is 5.87. The molecule has 134 valence electrons. The van der Waals surface area contributed by atoms with Crippen molar-refractivity contribution in [3.8, 4) is 5.69 Å². The summed E-state index contributed by atoms with van der Waals surface area (Å²) < 4.78 is 15.0. The Morgan fingerprint density at radius 1 is 1.27 bits per heavy atom. The van der Waals surface area contributed by atoms with Crippen molar-refractivity contribution in [2.75, 3.05) is 12.4 Å². The van der Waals surface area contributed by atoms with Crippen molar-refractivity contribution < 1.29 is 4.39 Å². The summed E-state index contributed by atoms with van der Waals surface area (Å²) in [6.45, 7) is 2.05. The van der Waals surface area contributed by atoms with E-state index in [9.17, 15) is 4.39 Å². The van der Waals surface area contributed by atoms with Crippen LogP contribution in [-0.2, 0) is 0 Å². The molecule has 0 fully saturated rings. The first-order valence-electron chi connectivity index (χ1n) is 7.89. The molecule has 0 radical (unpaired) electrons. The number of halogens is 2. The molecule has 3 aromatic rings. The summed E-state index contributed by atoms with van der Waals surface area (Å²) in [6.07, 6.45) is 3.15. The van der Waals surface area contributed by atoms with Crippen molar-refractivity contribution >= 4 is 34.6 Å². The molecule has 0 aliphatic heterocycles. The van der Waals surface area contributed by atoms with Crippen LogP contribution in [0.25, 0.3) is 5.69 Å². The monoisotopic (exact) mass is 389 g/mol. The minimum absolute atomic E-state index is 0.0377. The number of nitrogens with one attached hydrogen (secondary N) is 1. The van der Waals surface area contributed by atoms with Gasteiger partial charge in [0.25, 0.3) is 0 Å². The molecule has 1 aromatic heterocycles. The summed E-state index contributed by atoms with van der Waals surface area (Å²) in [5, 5.41) is 7.76. The van der Waals surface area contributed by atoms with E-state index in [0.29, 0.717) is 10.8 Å². The number of hydrogen-bond donors (Lipinski definition) is 1. The first-order valence-corrected chi connectivity index (χ1v) is 8.68. The van der Waals surface area contributed by atoms with Gasteiger partial charge in [0.15, 0.2) is 5.11 Å². The van der Waals surface area contributed by atoms with Gasteiger partial charge in [-0.1, -0.05) is 23.7 Å². The SMILES string of the molecule is C[C@H](c1ccc(-n2cncn2)cc1)N(C)C(=S)Nc1ccc(F)c(Cl)c1. The van der Waals surface area contributed by atoms with Crippen LogP contribution in [-0.4, -0.2) is 31.8 Å². The van der Waals surface area contributed by atoms with Crippen LogP contribution in [0.3, 0.4) is 0 Å². The predicted octanol–water partition coefficient (Wildman–Crippen LogP) is 4.45. The van der Waals surface area contributed by atoms with E-state index in [2.05, 4.69) is 22.3 Å². The number of rotatable bonds is 4. The van der Waals surface area contributed by atoms with Crippen LogP contribution in [0.15, 0.2) is 55.1 Å². The lowest BCUT2D eigenvalue weighted by atomic mass is 10.1. The van der Waals surface area contributed by atoms with Crippen molar-refractivity contribution in [3.05, 3.63) is 71.5 Å². The number of nitrogens with zero attached hydrogens (tertiary/aromatic N) is 4. The summed E-state index contributed by atoms with van der Waals surface area (Å²) in [7, 11) is 1.90. The second-order valence-corrected chi connectivity index (χ2v) is 6.57. The molecule has 0 amide bonds. The summed E-state index contributed by atoms with van der Waals surface area (Å²) >= 11 is 11.3. The van der Waals surface area contributed by atoms with Crippen LogP contribution in [0.1, 0.15) is 18.5 Å². The Kier molecular flexibility index (Phi) is 5.49. The van der Waals surface area contributed by atoms with Gasteiger partial charge in [0.1, 0.15) is 18.5 Å². The van der Waals surface area contributed by atoms with Crippen LogP contribution >= 0.6 is 23.8 Å². The lowest BCUT2D eigenvalue weighted by Gasteiger charge is -2.28. The molecule has 5 nitrogen and oxygen atoms in total. The molecule has 0 bridgehead atoms. The second kappa shape index (κ2) is 7.80. The van der Waals surface area contributed by atoms with E-state index >= 15 is 0 Å². The molecule has 0 aliphatic rings. The molecule has 0 saturated carbocycles. The highest BCUT2D eigenvalue weighted by Crippen LogP contribution is 2.23. The molecule has 3 rings (SSSR count). The van der Waals surface area contributed by atoms with Gasteiger partial charge in [0.05, 0.1) is 16.8 Å². The van der Waals surface area contributed by atoms with Crippen molar-refractivity contribution in [1.29, 1.82) is 0 Å². The number of thiocarbonyl (C=S) groups is 1. The Balaban J connectivity index is 1.69.